The van der Waals surface area contributed by atoms with Gasteiger partial charge in [-0.3, -0.25) is 0 Å². The second-order valence-corrected chi connectivity index (χ2v) is 6.99. The van der Waals surface area contributed by atoms with Gasteiger partial charge in [0, 0.05) is 12.0 Å². The fourth-order valence-corrected chi connectivity index (χ4v) is 3.88. The van der Waals surface area contributed by atoms with E-state index in [-0.39, 0.29) is 5.60 Å². The van der Waals surface area contributed by atoms with E-state index in [1.807, 2.05) is 18.2 Å². The Hall–Kier alpha value is -1.22. The van der Waals surface area contributed by atoms with Crippen molar-refractivity contribution in [3.8, 4) is 11.5 Å². The van der Waals surface area contributed by atoms with Crippen molar-refractivity contribution in [2.45, 2.75) is 57.7 Å². The lowest BCUT2D eigenvalue weighted by Gasteiger charge is -2.45. The molecule has 1 heterocycles. The predicted octanol–water partition coefficient (Wildman–Crippen LogP) is 4.10. The van der Waals surface area contributed by atoms with Crippen molar-refractivity contribution >= 4 is 0 Å². The smallest absolute Gasteiger partial charge is 0.126 e. The summed E-state index contributed by atoms with van der Waals surface area (Å²) in [6.07, 6.45) is 4.78. The molecule has 0 saturated heterocycles. The van der Waals surface area contributed by atoms with E-state index in [9.17, 15) is 5.11 Å². The molecule has 0 amide bonds. The second-order valence-electron chi connectivity index (χ2n) is 6.99. The third-order valence-electron chi connectivity index (χ3n) is 5.35. The van der Waals surface area contributed by atoms with Crippen molar-refractivity contribution < 1.29 is 14.6 Å². The van der Waals surface area contributed by atoms with Crippen LogP contribution in [0.2, 0.25) is 0 Å². The van der Waals surface area contributed by atoms with Crippen LogP contribution in [0.15, 0.2) is 18.2 Å². The van der Waals surface area contributed by atoms with Crippen molar-refractivity contribution in [2.75, 3.05) is 7.11 Å². The Labute approximate surface area is 127 Å². The molecule has 3 rings (SSSR count). The van der Waals surface area contributed by atoms with Crippen LogP contribution >= 0.6 is 0 Å². The van der Waals surface area contributed by atoms with E-state index in [0.717, 1.165) is 41.7 Å². The molecule has 1 aliphatic heterocycles. The van der Waals surface area contributed by atoms with Crippen LogP contribution in [0.4, 0.5) is 0 Å². The van der Waals surface area contributed by atoms with E-state index >= 15 is 0 Å². The summed E-state index contributed by atoms with van der Waals surface area (Å²) in [5, 5.41) is 10.5. The lowest BCUT2D eigenvalue weighted by Crippen LogP contribution is -2.44. The minimum Gasteiger partial charge on any atom is -0.497 e. The first-order valence-electron chi connectivity index (χ1n) is 8.08. The van der Waals surface area contributed by atoms with Gasteiger partial charge in [-0.1, -0.05) is 13.8 Å². The van der Waals surface area contributed by atoms with Gasteiger partial charge in [0.25, 0.3) is 0 Å². The Morgan fingerprint density at radius 2 is 2.00 bits per heavy atom. The molecular formula is C18H26O3. The highest BCUT2D eigenvalue weighted by Gasteiger charge is 2.43. The zero-order chi connectivity index (χ0) is 15.0. The summed E-state index contributed by atoms with van der Waals surface area (Å²) in [4.78, 5) is 0. The van der Waals surface area contributed by atoms with Gasteiger partial charge in [0.1, 0.15) is 17.1 Å². The normalized spacial score (nSPS) is 31.9. The summed E-state index contributed by atoms with van der Waals surface area (Å²) in [5.41, 5.74) is 0.706. The predicted molar refractivity (Wildman–Crippen MR) is 82.7 cm³/mol. The van der Waals surface area contributed by atoms with Crippen LogP contribution in [0.5, 0.6) is 11.5 Å². The summed E-state index contributed by atoms with van der Waals surface area (Å²) in [5.74, 6) is 3.15. The van der Waals surface area contributed by atoms with Gasteiger partial charge in [-0.25, -0.2) is 0 Å². The highest BCUT2D eigenvalue weighted by Crippen LogP contribution is 2.48. The van der Waals surface area contributed by atoms with Crippen LogP contribution < -0.4 is 9.47 Å². The molecular weight excluding hydrogens is 264 g/mol. The van der Waals surface area contributed by atoms with Crippen LogP contribution in [0.25, 0.3) is 0 Å². The molecule has 3 heteroatoms. The average Bonchev–Trinajstić information content (AvgIpc) is 2.47. The van der Waals surface area contributed by atoms with Gasteiger partial charge in [-0.05, 0) is 55.7 Å². The molecule has 1 aliphatic carbocycles. The molecule has 21 heavy (non-hydrogen) atoms. The van der Waals surface area contributed by atoms with Crippen molar-refractivity contribution in [1.82, 2.24) is 0 Å². The zero-order valence-corrected chi connectivity index (χ0v) is 13.3. The van der Waals surface area contributed by atoms with Crippen LogP contribution in [-0.2, 0) is 0 Å². The number of aliphatic hydroxyl groups excluding tert-OH is 1. The van der Waals surface area contributed by atoms with Gasteiger partial charge in [0.2, 0.25) is 0 Å². The maximum absolute atomic E-state index is 10.5. The first kappa shape index (κ1) is 14.7. The van der Waals surface area contributed by atoms with Crippen LogP contribution in [0.1, 0.15) is 57.6 Å². The molecule has 1 aromatic rings. The van der Waals surface area contributed by atoms with Crippen molar-refractivity contribution in [1.29, 1.82) is 0 Å². The minimum absolute atomic E-state index is 0.160. The maximum atomic E-state index is 10.5. The summed E-state index contributed by atoms with van der Waals surface area (Å²) >= 11 is 0. The van der Waals surface area contributed by atoms with Crippen molar-refractivity contribution in [3.05, 3.63) is 23.8 Å². The van der Waals surface area contributed by atoms with E-state index < -0.39 is 6.10 Å². The standard InChI is InChI=1S/C18H26O3/c1-12(2)13-6-8-18(9-7-13)11-16(19)15-10-14(20-3)4-5-17(15)21-18/h4-5,10,12-13,16,19H,6-9,11H2,1-3H3/t13?,16-,18?/m1/s1. The van der Waals surface area contributed by atoms with Crippen molar-refractivity contribution in [2.24, 2.45) is 11.8 Å². The number of fused-ring (bicyclic) bond motifs is 1. The molecule has 1 N–H and O–H groups in total. The quantitative estimate of drug-likeness (QED) is 0.891. The number of ether oxygens (including phenoxy) is 2. The third kappa shape index (κ3) is 2.76. The minimum atomic E-state index is -0.445. The molecule has 2 aliphatic rings. The first-order chi connectivity index (χ1) is 10.0. The fraction of sp³-hybridized carbons (Fsp3) is 0.667. The lowest BCUT2D eigenvalue weighted by molar-refractivity contribution is -0.0504. The maximum Gasteiger partial charge on any atom is 0.126 e. The molecule has 0 aromatic heterocycles. The van der Waals surface area contributed by atoms with Gasteiger partial charge in [-0.2, -0.15) is 0 Å². The van der Waals surface area contributed by atoms with Gasteiger partial charge >= 0.3 is 0 Å². The second kappa shape index (κ2) is 5.53. The molecule has 0 bridgehead atoms. The molecule has 0 unspecified atom stereocenters. The SMILES string of the molecule is COc1ccc2c(c1)[C@H](O)CC1(CCC(C(C)C)CC1)O2. The molecule has 116 valence electrons. The van der Waals surface area contributed by atoms with Gasteiger partial charge < -0.3 is 14.6 Å². The number of rotatable bonds is 2. The van der Waals surface area contributed by atoms with Crippen LogP contribution in [-0.4, -0.2) is 17.8 Å². The van der Waals surface area contributed by atoms with Gasteiger partial charge in [0.15, 0.2) is 0 Å². The molecule has 3 nitrogen and oxygen atoms in total. The average molecular weight is 290 g/mol. The number of benzene rings is 1. The Kier molecular flexibility index (Phi) is 3.87. The molecule has 1 spiro atoms. The Morgan fingerprint density at radius 3 is 2.62 bits per heavy atom. The van der Waals surface area contributed by atoms with Crippen LogP contribution in [0, 0.1) is 11.8 Å². The fourth-order valence-electron chi connectivity index (χ4n) is 3.88. The van der Waals surface area contributed by atoms with E-state index in [4.69, 9.17) is 9.47 Å². The largest absolute Gasteiger partial charge is 0.497 e. The Bertz CT molecular complexity index is 501. The number of methoxy groups -OCH3 is 1. The highest BCUT2D eigenvalue weighted by molar-refractivity contribution is 5.43. The molecule has 1 saturated carbocycles. The monoisotopic (exact) mass is 290 g/mol. The molecule has 1 aromatic carbocycles. The van der Waals surface area contributed by atoms with E-state index in [2.05, 4.69) is 13.8 Å². The van der Waals surface area contributed by atoms with Crippen LogP contribution in [0.3, 0.4) is 0 Å². The molecule has 1 fully saturated rings. The van der Waals surface area contributed by atoms with E-state index in [1.54, 1.807) is 7.11 Å². The Balaban J connectivity index is 1.79. The Morgan fingerprint density at radius 1 is 1.29 bits per heavy atom. The topological polar surface area (TPSA) is 38.7 Å². The van der Waals surface area contributed by atoms with E-state index in [1.165, 1.54) is 12.8 Å². The van der Waals surface area contributed by atoms with Gasteiger partial charge in [-0.15, -0.1) is 0 Å². The summed E-state index contributed by atoms with van der Waals surface area (Å²) in [6.45, 7) is 4.61. The third-order valence-corrected chi connectivity index (χ3v) is 5.35. The first-order valence-corrected chi connectivity index (χ1v) is 8.08. The number of hydrogen-bond acceptors (Lipinski definition) is 3. The molecule has 0 radical (unpaired) electrons. The van der Waals surface area contributed by atoms with Crippen molar-refractivity contribution in [3.63, 3.8) is 0 Å². The van der Waals surface area contributed by atoms with E-state index in [0.29, 0.717) is 6.42 Å². The number of aliphatic hydroxyl groups is 1. The molecule has 1 atom stereocenters. The summed E-state index contributed by atoms with van der Waals surface area (Å²) in [6, 6.07) is 5.74. The van der Waals surface area contributed by atoms with Gasteiger partial charge in [0.05, 0.1) is 13.2 Å². The zero-order valence-electron chi connectivity index (χ0n) is 13.3. The summed E-state index contributed by atoms with van der Waals surface area (Å²) in [7, 11) is 1.65. The summed E-state index contributed by atoms with van der Waals surface area (Å²) < 4.78 is 11.6. The lowest BCUT2D eigenvalue weighted by atomic mass is 9.71. The highest BCUT2D eigenvalue weighted by atomic mass is 16.5. The number of hydrogen-bond donors (Lipinski definition) is 1.